The Bertz CT molecular complexity index is 1510. The number of piperazine rings is 2. The maximum atomic E-state index is 13.2. The van der Waals surface area contributed by atoms with Crippen molar-refractivity contribution in [2.75, 3.05) is 67.5 Å². The molecular formula is C38H42FN5O2. The highest BCUT2D eigenvalue weighted by atomic mass is 19.1. The molecule has 8 heteroatoms. The Kier molecular flexibility index (Phi) is 10.2. The molecule has 46 heavy (non-hydrogen) atoms. The van der Waals surface area contributed by atoms with Crippen LogP contribution in [0.3, 0.4) is 0 Å². The first kappa shape index (κ1) is 31.3. The van der Waals surface area contributed by atoms with Gasteiger partial charge in [0.05, 0.1) is 6.04 Å². The van der Waals surface area contributed by atoms with Crippen molar-refractivity contribution in [3.05, 3.63) is 126 Å². The lowest BCUT2D eigenvalue weighted by Crippen LogP contribution is -2.48. The number of rotatable bonds is 10. The quantitative estimate of drug-likeness (QED) is 0.229. The van der Waals surface area contributed by atoms with Crippen molar-refractivity contribution >= 4 is 28.9 Å². The van der Waals surface area contributed by atoms with Gasteiger partial charge in [0.1, 0.15) is 5.82 Å². The molecule has 0 saturated carbocycles. The Morgan fingerprint density at radius 3 is 1.65 bits per heavy atom. The second-order valence-electron chi connectivity index (χ2n) is 12.0. The molecule has 0 unspecified atom stereocenters. The van der Waals surface area contributed by atoms with Gasteiger partial charge < -0.3 is 20.0 Å². The van der Waals surface area contributed by atoms with Crippen LogP contribution in [0.1, 0.15) is 36.4 Å². The van der Waals surface area contributed by atoms with Crippen LogP contribution < -0.4 is 15.1 Å². The number of benzene rings is 4. The van der Waals surface area contributed by atoms with Crippen LogP contribution in [0.5, 0.6) is 0 Å². The summed E-state index contributed by atoms with van der Waals surface area (Å²) in [5, 5.41) is 2.99. The first-order chi connectivity index (χ1) is 22.5. The Morgan fingerprint density at radius 1 is 0.609 bits per heavy atom. The van der Waals surface area contributed by atoms with Gasteiger partial charge >= 0.3 is 0 Å². The van der Waals surface area contributed by atoms with E-state index in [1.807, 2.05) is 17.0 Å². The minimum Gasteiger partial charge on any atom is -0.369 e. The van der Waals surface area contributed by atoms with Crippen LogP contribution in [-0.2, 0) is 9.59 Å². The van der Waals surface area contributed by atoms with Crippen LogP contribution in [0.2, 0.25) is 0 Å². The summed E-state index contributed by atoms with van der Waals surface area (Å²) in [7, 11) is 0. The average Bonchev–Trinajstić information content (AvgIpc) is 3.10. The average molecular weight is 620 g/mol. The molecule has 2 saturated heterocycles. The molecule has 7 nitrogen and oxygen atoms in total. The van der Waals surface area contributed by atoms with Gasteiger partial charge in [0, 0.05) is 82.3 Å². The van der Waals surface area contributed by atoms with Crippen molar-refractivity contribution in [3.63, 3.8) is 0 Å². The van der Waals surface area contributed by atoms with Crippen LogP contribution >= 0.6 is 0 Å². The molecule has 0 aromatic heterocycles. The lowest BCUT2D eigenvalue weighted by atomic mass is 9.96. The van der Waals surface area contributed by atoms with Crippen molar-refractivity contribution in [2.24, 2.45) is 0 Å². The van der Waals surface area contributed by atoms with E-state index in [9.17, 15) is 14.0 Å². The van der Waals surface area contributed by atoms with Gasteiger partial charge in [-0.1, -0.05) is 60.7 Å². The largest absolute Gasteiger partial charge is 0.369 e. The number of hydrogen-bond acceptors (Lipinski definition) is 5. The molecule has 6 rings (SSSR count). The molecule has 0 aliphatic carbocycles. The van der Waals surface area contributed by atoms with Crippen LogP contribution in [0.15, 0.2) is 109 Å². The smallest absolute Gasteiger partial charge is 0.224 e. The second-order valence-corrected chi connectivity index (χ2v) is 12.0. The molecule has 0 bridgehead atoms. The van der Waals surface area contributed by atoms with Gasteiger partial charge in [-0.25, -0.2) is 4.39 Å². The monoisotopic (exact) mass is 619 g/mol. The van der Waals surface area contributed by atoms with E-state index in [-0.39, 0.29) is 23.7 Å². The molecule has 0 atom stereocenters. The van der Waals surface area contributed by atoms with Crippen molar-refractivity contribution < 1.29 is 14.0 Å². The predicted molar refractivity (Wildman–Crippen MR) is 183 cm³/mol. The van der Waals surface area contributed by atoms with Gasteiger partial charge in [-0.15, -0.1) is 0 Å². The molecule has 2 aliphatic rings. The molecule has 2 fully saturated rings. The third-order valence-electron chi connectivity index (χ3n) is 9.04. The lowest BCUT2D eigenvalue weighted by molar-refractivity contribution is -0.131. The van der Waals surface area contributed by atoms with Crippen molar-refractivity contribution in [1.29, 1.82) is 0 Å². The number of hydrogen-bond donors (Lipinski definition) is 1. The van der Waals surface area contributed by atoms with Gasteiger partial charge in [-0.3, -0.25) is 14.5 Å². The van der Waals surface area contributed by atoms with Crippen molar-refractivity contribution in [2.45, 2.75) is 25.3 Å². The maximum Gasteiger partial charge on any atom is 0.224 e. The van der Waals surface area contributed by atoms with Crippen LogP contribution in [0, 0.1) is 5.82 Å². The summed E-state index contributed by atoms with van der Waals surface area (Å²) >= 11 is 0. The zero-order valence-corrected chi connectivity index (χ0v) is 26.2. The molecule has 238 valence electrons. The minimum atomic E-state index is -0.250. The van der Waals surface area contributed by atoms with Gasteiger partial charge in [-0.2, -0.15) is 0 Å². The molecule has 0 radical (unpaired) electrons. The minimum absolute atomic E-state index is 0.0786. The van der Waals surface area contributed by atoms with Crippen molar-refractivity contribution in [3.8, 4) is 0 Å². The number of nitrogens with zero attached hydrogens (tertiary/aromatic N) is 4. The highest BCUT2D eigenvalue weighted by Gasteiger charge is 2.26. The standard InChI is InChI=1S/C38H42FN5O2/c39-32-14-18-34(19-15-32)41-22-26-43(27-23-41)37(46)13-7-12-36(45)40-33-16-20-35(21-17-33)42-24-28-44(29-25-42)38(30-8-3-1-4-9-30)31-10-5-2-6-11-31/h1-6,8-11,14-21,38H,7,12-13,22-29H2,(H,40,45). The molecule has 0 spiro atoms. The van der Waals surface area contributed by atoms with E-state index in [1.165, 1.54) is 23.3 Å². The normalized spacial score (nSPS) is 15.7. The van der Waals surface area contributed by atoms with E-state index in [2.05, 4.69) is 92.8 Å². The van der Waals surface area contributed by atoms with Crippen LogP contribution in [0.4, 0.5) is 21.5 Å². The van der Waals surface area contributed by atoms with Gasteiger partial charge in [0.15, 0.2) is 0 Å². The number of carbonyl (C=O) groups is 2. The highest BCUT2D eigenvalue weighted by Crippen LogP contribution is 2.30. The fraction of sp³-hybridized carbons (Fsp3) is 0.316. The SMILES string of the molecule is O=C(CCCC(=O)N1CCN(c2ccc(F)cc2)CC1)Nc1ccc(N2CCN(C(c3ccccc3)c3ccccc3)CC2)cc1. The molecule has 4 aromatic carbocycles. The van der Waals surface area contributed by atoms with Gasteiger partial charge in [0.2, 0.25) is 11.8 Å². The van der Waals surface area contributed by atoms with E-state index in [4.69, 9.17) is 0 Å². The van der Waals surface area contributed by atoms with E-state index in [1.54, 1.807) is 12.1 Å². The fourth-order valence-corrected chi connectivity index (χ4v) is 6.53. The molecule has 2 heterocycles. The Balaban J connectivity index is 0.927. The maximum absolute atomic E-state index is 13.2. The van der Waals surface area contributed by atoms with Crippen molar-refractivity contribution in [1.82, 2.24) is 9.80 Å². The molecule has 2 aliphatic heterocycles. The lowest BCUT2D eigenvalue weighted by Gasteiger charge is -2.40. The summed E-state index contributed by atoms with van der Waals surface area (Å²) in [6.45, 7) is 6.45. The summed E-state index contributed by atoms with van der Waals surface area (Å²) < 4.78 is 13.2. The third kappa shape index (κ3) is 7.93. The fourth-order valence-electron chi connectivity index (χ4n) is 6.53. The van der Waals surface area contributed by atoms with Gasteiger partial charge in [0.25, 0.3) is 0 Å². The van der Waals surface area contributed by atoms with E-state index >= 15 is 0 Å². The predicted octanol–water partition coefficient (Wildman–Crippen LogP) is 6.19. The summed E-state index contributed by atoms with van der Waals surface area (Å²) in [4.78, 5) is 34.4. The zero-order valence-electron chi connectivity index (χ0n) is 26.2. The Morgan fingerprint density at radius 2 is 1.11 bits per heavy atom. The number of nitrogens with one attached hydrogen (secondary N) is 1. The molecule has 1 N–H and O–H groups in total. The highest BCUT2D eigenvalue weighted by molar-refractivity contribution is 5.91. The first-order valence-electron chi connectivity index (χ1n) is 16.3. The molecular weight excluding hydrogens is 577 g/mol. The third-order valence-corrected chi connectivity index (χ3v) is 9.04. The van der Waals surface area contributed by atoms with E-state index in [0.717, 1.165) is 43.2 Å². The number of carbonyl (C=O) groups excluding carboxylic acids is 2. The Hall–Kier alpha value is -4.69. The van der Waals surface area contributed by atoms with Gasteiger partial charge in [-0.05, 0) is 66.1 Å². The van der Waals surface area contributed by atoms with E-state index < -0.39 is 0 Å². The first-order valence-corrected chi connectivity index (χ1v) is 16.3. The van der Waals surface area contributed by atoms with Crippen LogP contribution in [0.25, 0.3) is 0 Å². The summed E-state index contributed by atoms with van der Waals surface area (Å²) in [5.41, 5.74) is 5.51. The van der Waals surface area contributed by atoms with E-state index in [0.29, 0.717) is 45.4 Å². The number of amides is 2. The summed E-state index contributed by atoms with van der Waals surface area (Å²) in [5.74, 6) is -0.252. The second kappa shape index (κ2) is 15.1. The topological polar surface area (TPSA) is 59.1 Å². The number of anilines is 3. The number of halogens is 1. The molecule has 2 amide bonds. The molecule has 4 aromatic rings. The summed E-state index contributed by atoms with van der Waals surface area (Å²) in [6.07, 6.45) is 1.16. The summed E-state index contributed by atoms with van der Waals surface area (Å²) in [6, 6.07) is 36.2. The van der Waals surface area contributed by atoms with Crippen LogP contribution in [-0.4, -0.2) is 74.0 Å². The Labute approximate surface area is 271 Å². The zero-order chi connectivity index (χ0) is 31.7.